The Balaban J connectivity index is 1.69. The van der Waals surface area contributed by atoms with Gasteiger partial charge in [-0.25, -0.2) is 0 Å². The van der Waals surface area contributed by atoms with Gasteiger partial charge in [-0.3, -0.25) is 9.59 Å². The van der Waals surface area contributed by atoms with Crippen molar-refractivity contribution in [1.82, 2.24) is 9.47 Å². The number of hydrogen-bond donors (Lipinski definition) is 1. The third kappa shape index (κ3) is 4.49. The molecule has 0 fully saturated rings. The van der Waals surface area contributed by atoms with Crippen molar-refractivity contribution in [3.8, 4) is 0 Å². The number of nitrogens with one attached hydrogen (secondary N) is 1. The second-order valence-electron chi connectivity index (χ2n) is 6.52. The maximum Gasteiger partial charge on any atom is 0.272 e. The van der Waals surface area contributed by atoms with E-state index in [4.69, 9.17) is 0 Å². The van der Waals surface area contributed by atoms with E-state index in [1.54, 1.807) is 35.2 Å². The van der Waals surface area contributed by atoms with Gasteiger partial charge in [0.25, 0.3) is 11.8 Å². The third-order valence-corrected chi connectivity index (χ3v) is 4.70. The van der Waals surface area contributed by atoms with Crippen molar-refractivity contribution in [2.24, 2.45) is 0 Å². The van der Waals surface area contributed by atoms with E-state index in [0.29, 0.717) is 36.6 Å². The normalized spacial score (nSPS) is 10.5. The van der Waals surface area contributed by atoms with Gasteiger partial charge in [0.15, 0.2) is 0 Å². The average molecular weight is 375 g/mol. The molecule has 0 radical (unpaired) electrons. The molecular formula is C23H25N3O2. The van der Waals surface area contributed by atoms with E-state index < -0.39 is 0 Å². The van der Waals surface area contributed by atoms with E-state index in [9.17, 15) is 9.59 Å². The highest BCUT2D eigenvalue weighted by atomic mass is 16.2. The zero-order valence-electron chi connectivity index (χ0n) is 16.3. The molecule has 3 rings (SSSR count). The summed E-state index contributed by atoms with van der Waals surface area (Å²) in [6.07, 6.45) is 1.90. The van der Waals surface area contributed by atoms with E-state index in [0.717, 1.165) is 5.56 Å². The highest BCUT2D eigenvalue weighted by Gasteiger charge is 2.14. The SMILES string of the molecule is CCN(CC)C(=O)c1ccc(NC(=O)c2cccn2Cc2ccccc2)cc1. The summed E-state index contributed by atoms with van der Waals surface area (Å²) in [7, 11) is 0. The molecule has 0 unspecified atom stereocenters. The number of nitrogens with zero attached hydrogens (tertiary/aromatic N) is 2. The molecule has 0 aliphatic heterocycles. The van der Waals surface area contributed by atoms with Crippen molar-refractivity contribution in [2.75, 3.05) is 18.4 Å². The van der Waals surface area contributed by atoms with Gasteiger partial charge in [-0.05, 0) is 55.8 Å². The van der Waals surface area contributed by atoms with Crippen LogP contribution in [-0.2, 0) is 6.54 Å². The molecule has 144 valence electrons. The monoisotopic (exact) mass is 375 g/mol. The molecule has 0 spiro atoms. The molecule has 0 aliphatic rings. The highest BCUT2D eigenvalue weighted by Crippen LogP contribution is 2.14. The van der Waals surface area contributed by atoms with Gasteiger partial charge in [0.05, 0.1) is 0 Å². The number of rotatable bonds is 7. The number of hydrogen-bond acceptors (Lipinski definition) is 2. The first-order valence-electron chi connectivity index (χ1n) is 9.52. The fraction of sp³-hybridized carbons (Fsp3) is 0.217. The smallest absolute Gasteiger partial charge is 0.272 e. The summed E-state index contributed by atoms with van der Waals surface area (Å²) >= 11 is 0. The maximum absolute atomic E-state index is 12.7. The quantitative estimate of drug-likeness (QED) is 0.670. The molecule has 1 heterocycles. The van der Waals surface area contributed by atoms with Crippen molar-refractivity contribution in [3.63, 3.8) is 0 Å². The summed E-state index contributed by atoms with van der Waals surface area (Å²) in [6.45, 7) is 5.90. The topological polar surface area (TPSA) is 54.3 Å². The lowest BCUT2D eigenvalue weighted by atomic mass is 10.1. The van der Waals surface area contributed by atoms with Gasteiger partial charge in [0, 0.05) is 37.1 Å². The van der Waals surface area contributed by atoms with Crippen LogP contribution in [0.3, 0.4) is 0 Å². The van der Waals surface area contributed by atoms with Crippen LogP contribution in [0.2, 0.25) is 0 Å². The van der Waals surface area contributed by atoms with Crippen LogP contribution in [0.15, 0.2) is 72.9 Å². The van der Waals surface area contributed by atoms with Crippen molar-refractivity contribution in [2.45, 2.75) is 20.4 Å². The molecule has 0 bridgehead atoms. The van der Waals surface area contributed by atoms with Gasteiger partial charge in [-0.1, -0.05) is 30.3 Å². The van der Waals surface area contributed by atoms with Crippen LogP contribution in [0.1, 0.15) is 40.3 Å². The zero-order chi connectivity index (χ0) is 19.9. The van der Waals surface area contributed by atoms with Crippen molar-refractivity contribution >= 4 is 17.5 Å². The van der Waals surface area contributed by atoms with Crippen LogP contribution in [0, 0.1) is 0 Å². The number of benzene rings is 2. The van der Waals surface area contributed by atoms with E-state index in [1.807, 2.05) is 61.0 Å². The summed E-state index contributed by atoms with van der Waals surface area (Å²) in [4.78, 5) is 26.8. The Hall–Kier alpha value is -3.34. The van der Waals surface area contributed by atoms with Crippen molar-refractivity contribution < 1.29 is 9.59 Å². The maximum atomic E-state index is 12.7. The molecular weight excluding hydrogens is 350 g/mol. The first-order valence-corrected chi connectivity index (χ1v) is 9.52. The molecule has 2 amide bonds. The Kier molecular flexibility index (Phi) is 6.27. The van der Waals surface area contributed by atoms with E-state index in [1.165, 1.54) is 0 Å². The minimum Gasteiger partial charge on any atom is -0.339 e. The minimum absolute atomic E-state index is 0.000357. The van der Waals surface area contributed by atoms with Crippen LogP contribution < -0.4 is 5.32 Å². The standard InChI is InChI=1S/C23H25N3O2/c1-3-25(4-2)23(28)19-12-14-20(15-13-19)24-22(27)21-11-8-16-26(21)17-18-9-6-5-7-10-18/h5-16H,3-4,17H2,1-2H3,(H,24,27). The van der Waals surface area contributed by atoms with Crippen molar-refractivity contribution in [1.29, 1.82) is 0 Å². The number of carbonyl (C=O) groups is 2. The zero-order valence-corrected chi connectivity index (χ0v) is 16.3. The van der Waals surface area contributed by atoms with E-state index >= 15 is 0 Å². The number of carbonyl (C=O) groups excluding carboxylic acids is 2. The fourth-order valence-electron chi connectivity index (χ4n) is 3.12. The van der Waals surface area contributed by atoms with Crippen LogP contribution in [-0.4, -0.2) is 34.4 Å². The third-order valence-electron chi connectivity index (χ3n) is 4.70. The van der Waals surface area contributed by atoms with Gasteiger partial charge >= 0.3 is 0 Å². The Labute approximate surface area is 165 Å². The summed E-state index contributed by atoms with van der Waals surface area (Å²) in [5.74, 6) is -0.177. The Bertz CT molecular complexity index is 926. The summed E-state index contributed by atoms with van der Waals surface area (Å²) in [5, 5.41) is 2.91. The first kappa shape index (κ1) is 19.4. The van der Waals surface area contributed by atoms with Crippen LogP contribution in [0.25, 0.3) is 0 Å². The predicted molar refractivity (Wildman–Crippen MR) is 112 cm³/mol. The lowest BCUT2D eigenvalue weighted by Gasteiger charge is -2.18. The summed E-state index contributed by atoms with van der Waals surface area (Å²) in [6, 6.07) is 20.7. The van der Waals surface area contributed by atoms with Crippen LogP contribution >= 0.6 is 0 Å². The molecule has 3 aromatic rings. The minimum atomic E-state index is -0.177. The van der Waals surface area contributed by atoms with Gasteiger partial charge in [0.2, 0.25) is 0 Å². The molecule has 0 aliphatic carbocycles. The highest BCUT2D eigenvalue weighted by molar-refractivity contribution is 6.03. The van der Waals surface area contributed by atoms with Crippen LogP contribution in [0.5, 0.6) is 0 Å². The molecule has 0 saturated heterocycles. The summed E-state index contributed by atoms with van der Waals surface area (Å²) in [5.41, 5.74) is 3.00. The van der Waals surface area contributed by atoms with Gasteiger partial charge in [-0.2, -0.15) is 0 Å². The largest absolute Gasteiger partial charge is 0.339 e. The first-order chi connectivity index (χ1) is 13.6. The lowest BCUT2D eigenvalue weighted by Crippen LogP contribution is -2.30. The Morgan fingerprint density at radius 3 is 2.21 bits per heavy atom. The molecule has 1 aromatic heterocycles. The molecule has 5 nitrogen and oxygen atoms in total. The summed E-state index contributed by atoms with van der Waals surface area (Å²) < 4.78 is 1.92. The second kappa shape index (κ2) is 9.04. The number of aromatic nitrogens is 1. The molecule has 2 aromatic carbocycles. The Morgan fingerprint density at radius 1 is 0.893 bits per heavy atom. The lowest BCUT2D eigenvalue weighted by molar-refractivity contribution is 0.0773. The fourth-order valence-corrected chi connectivity index (χ4v) is 3.12. The van der Waals surface area contributed by atoms with Gasteiger partial charge in [0.1, 0.15) is 5.69 Å². The number of amides is 2. The molecule has 1 N–H and O–H groups in total. The molecule has 0 saturated carbocycles. The Morgan fingerprint density at radius 2 is 1.57 bits per heavy atom. The predicted octanol–water partition coefficient (Wildman–Crippen LogP) is 4.27. The molecule has 5 heteroatoms. The average Bonchev–Trinajstić information content (AvgIpc) is 3.18. The van der Waals surface area contributed by atoms with Crippen molar-refractivity contribution in [3.05, 3.63) is 89.7 Å². The van der Waals surface area contributed by atoms with Crippen LogP contribution in [0.4, 0.5) is 5.69 Å². The second-order valence-corrected chi connectivity index (χ2v) is 6.52. The van der Waals surface area contributed by atoms with Gasteiger partial charge < -0.3 is 14.8 Å². The van der Waals surface area contributed by atoms with Gasteiger partial charge in [-0.15, -0.1) is 0 Å². The molecule has 28 heavy (non-hydrogen) atoms. The molecule has 0 atom stereocenters. The van der Waals surface area contributed by atoms with E-state index in [2.05, 4.69) is 5.32 Å². The number of anilines is 1. The van der Waals surface area contributed by atoms with E-state index in [-0.39, 0.29) is 11.8 Å².